The minimum absolute atomic E-state index is 0.266. The summed E-state index contributed by atoms with van der Waals surface area (Å²) in [6.07, 6.45) is 27.1. The molecule has 9 atom stereocenters. The van der Waals surface area contributed by atoms with Crippen molar-refractivity contribution in [1.82, 2.24) is 5.32 Å². The third-order valence-electron chi connectivity index (χ3n) is 12.2. The van der Waals surface area contributed by atoms with Crippen molar-refractivity contribution >= 4 is 5.91 Å². The van der Waals surface area contributed by atoms with E-state index in [0.29, 0.717) is 19.3 Å². The maximum atomic E-state index is 13.1. The third-order valence-corrected chi connectivity index (χ3v) is 12.2. The molecule has 8 N–H and O–H groups in total. The zero-order chi connectivity index (χ0) is 42.6. The molecular weight excluding hydrogens is 739 g/mol. The molecule has 11 heteroatoms. The summed E-state index contributed by atoms with van der Waals surface area (Å²) in [6, 6.07) is -1.16. The number of unbranched alkanes of at least 4 members (excludes halogenated alkanes) is 29. The van der Waals surface area contributed by atoms with Crippen molar-refractivity contribution in [3.63, 3.8) is 0 Å². The Labute approximate surface area is 354 Å². The van der Waals surface area contributed by atoms with E-state index in [1.807, 2.05) is 0 Å². The lowest BCUT2D eigenvalue weighted by Gasteiger charge is -2.40. The van der Waals surface area contributed by atoms with Gasteiger partial charge in [0.2, 0.25) is 5.91 Å². The zero-order valence-electron chi connectivity index (χ0n) is 37.3. The number of carbonyl (C=O) groups is 1. The molecule has 1 aliphatic heterocycles. The van der Waals surface area contributed by atoms with Crippen LogP contribution in [0.5, 0.6) is 0 Å². The summed E-state index contributed by atoms with van der Waals surface area (Å²) in [5.74, 6) is -0.693. The van der Waals surface area contributed by atoms with Crippen LogP contribution in [-0.4, -0.2) is 110 Å². The molecule has 0 unspecified atom stereocenters. The van der Waals surface area contributed by atoms with E-state index in [9.17, 15) is 40.5 Å². The lowest BCUT2D eigenvalue weighted by atomic mass is 9.98. The molecule has 0 aromatic carbocycles. The van der Waals surface area contributed by atoms with E-state index in [1.165, 1.54) is 148 Å². The smallest absolute Gasteiger partial charge is 0.249 e. The van der Waals surface area contributed by atoms with Gasteiger partial charge in [-0.3, -0.25) is 4.79 Å². The van der Waals surface area contributed by atoms with Crippen LogP contribution in [0.25, 0.3) is 0 Å². The molecule has 0 aromatic rings. The van der Waals surface area contributed by atoms with Crippen LogP contribution >= 0.6 is 0 Å². The van der Waals surface area contributed by atoms with Crippen LogP contribution in [0.15, 0.2) is 0 Å². The van der Waals surface area contributed by atoms with Crippen LogP contribution in [0.4, 0.5) is 0 Å². The van der Waals surface area contributed by atoms with E-state index in [4.69, 9.17) is 9.47 Å². The number of hydrogen-bond donors (Lipinski definition) is 8. The highest BCUT2D eigenvalue weighted by atomic mass is 16.7. The molecular formula is C47H93NO10. The predicted molar refractivity (Wildman–Crippen MR) is 233 cm³/mol. The second kappa shape index (κ2) is 37.8. The number of rotatable bonds is 41. The van der Waals surface area contributed by atoms with Gasteiger partial charge in [-0.25, -0.2) is 0 Å². The Kier molecular flexibility index (Phi) is 36.0. The van der Waals surface area contributed by atoms with Gasteiger partial charge in [-0.2, -0.15) is 0 Å². The maximum absolute atomic E-state index is 13.1. The van der Waals surface area contributed by atoms with Gasteiger partial charge in [-0.15, -0.1) is 0 Å². The van der Waals surface area contributed by atoms with Crippen molar-refractivity contribution in [3.05, 3.63) is 0 Å². The lowest BCUT2D eigenvalue weighted by molar-refractivity contribution is -0.303. The van der Waals surface area contributed by atoms with Gasteiger partial charge in [0.15, 0.2) is 6.29 Å². The Hall–Kier alpha value is -0.890. The number of ether oxygens (including phenoxy) is 2. The van der Waals surface area contributed by atoms with Gasteiger partial charge >= 0.3 is 0 Å². The fraction of sp³-hybridized carbons (Fsp3) is 0.979. The summed E-state index contributed by atoms with van der Waals surface area (Å²) in [4.78, 5) is 13.1. The average molecular weight is 832 g/mol. The summed E-state index contributed by atoms with van der Waals surface area (Å²) >= 11 is 0. The molecule has 0 aromatic heterocycles. The second-order valence-corrected chi connectivity index (χ2v) is 17.5. The molecule has 11 nitrogen and oxygen atoms in total. The van der Waals surface area contributed by atoms with E-state index in [2.05, 4.69) is 19.2 Å². The highest BCUT2D eigenvalue weighted by Gasteiger charge is 2.44. The summed E-state index contributed by atoms with van der Waals surface area (Å²) in [5.41, 5.74) is 0. The maximum Gasteiger partial charge on any atom is 0.249 e. The van der Waals surface area contributed by atoms with Gasteiger partial charge in [0.05, 0.1) is 25.4 Å². The molecule has 58 heavy (non-hydrogen) atoms. The van der Waals surface area contributed by atoms with Gasteiger partial charge in [0.25, 0.3) is 0 Å². The van der Waals surface area contributed by atoms with E-state index in [1.54, 1.807) is 0 Å². The normalized spacial score (nSPS) is 21.8. The Balaban J connectivity index is 2.41. The van der Waals surface area contributed by atoms with E-state index in [-0.39, 0.29) is 6.42 Å². The van der Waals surface area contributed by atoms with E-state index < -0.39 is 74.2 Å². The van der Waals surface area contributed by atoms with Crippen LogP contribution in [0.3, 0.4) is 0 Å². The summed E-state index contributed by atoms with van der Waals surface area (Å²) < 4.78 is 11.1. The summed E-state index contributed by atoms with van der Waals surface area (Å²) in [6.45, 7) is 3.46. The number of nitrogens with one attached hydrogen (secondary N) is 1. The molecule has 1 fully saturated rings. The third kappa shape index (κ3) is 27.1. The summed E-state index contributed by atoms with van der Waals surface area (Å²) in [5, 5.41) is 75.7. The van der Waals surface area contributed by atoms with Crippen LogP contribution in [0.1, 0.15) is 226 Å². The van der Waals surface area contributed by atoms with Crippen molar-refractivity contribution < 1.29 is 50.0 Å². The van der Waals surface area contributed by atoms with Gasteiger partial charge < -0.3 is 50.5 Å². The van der Waals surface area contributed by atoms with Crippen molar-refractivity contribution in [1.29, 1.82) is 0 Å². The minimum Gasteiger partial charge on any atom is -0.394 e. The zero-order valence-corrected chi connectivity index (χ0v) is 37.3. The molecule has 1 heterocycles. The quantitative estimate of drug-likeness (QED) is 0.0279. The van der Waals surface area contributed by atoms with Gasteiger partial charge in [0.1, 0.15) is 36.6 Å². The van der Waals surface area contributed by atoms with Gasteiger partial charge in [-0.1, -0.05) is 213 Å². The molecule has 1 amide bonds. The van der Waals surface area contributed by atoms with Gasteiger partial charge in [0, 0.05) is 0 Å². The molecule has 1 saturated heterocycles. The SMILES string of the molecule is CCCCCCCCCCCCCCCCCCC[C@@H](O)C(=O)N[C@@H](CO[C@H]1O[C@H](CO)[C@H](O)[C@H](O)[C@H]1O)[C@H](O)[C@H](O)CCCCCCCCCCCCCCCC. The van der Waals surface area contributed by atoms with Crippen LogP contribution in [-0.2, 0) is 14.3 Å². The number of amides is 1. The van der Waals surface area contributed by atoms with Crippen LogP contribution in [0, 0.1) is 0 Å². The molecule has 0 aliphatic carbocycles. The number of aliphatic hydroxyl groups excluding tert-OH is 7. The largest absolute Gasteiger partial charge is 0.394 e. The minimum atomic E-state index is -1.66. The van der Waals surface area contributed by atoms with Crippen molar-refractivity contribution in [3.8, 4) is 0 Å². The lowest BCUT2D eigenvalue weighted by Crippen LogP contribution is -2.60. The Morgan fingerprint density at radius 3 is 1.28 bits per heavy atom. The fourth-order valence-corrected chi connectivity index (χ4v) is 8.09. The van der Waals surface area contributed by atoms with Crippen molar-refractivity contribution in [2.45, 2.75) is 281 Å². The van der Waals surface area contributed by atoms with Crippen LogP contribution < -0.4 is 5.32 Å². The first kappa shape index (κ1) is 55.1. The highest BCUT2D eigenvalue weighted by molar-refractivity contribution is 5.80. The molecule has 1 rings (SSSR count). The van der Waals surface area contributed by atoms with Crippen molar-refractivity contribution in [2.24, 2.45) is 0 Å². The molecule has 1 aliphatic rings. The molecule has 0 spiro atoms. The number of carbonyl (C=O) groups excluding carboxylic acids is 1. The molecule has 0 saturated carbocycles. The summed E-state index contributed by atoms with van der Waals surface area (Å²) in [7, 11) is 0. The van der Waals surface area contributed by atoms with Crippen LogP contribution in [0.2, 0.25) is 0 Å². The topological polar surface area (TPSA) is 189 Å². The first-order valence-corrected chi connectivity index (χ1v) is 24.4. The number of aliphatic hydroxyl groups is 7. The number of hydrogen-bond acceptors (Lipinski definition) is 10. The second-order valence-electron chi connectivity index (χ2n) is 17.5. The average Bonchev–Trinajstić information content (AvgIpc) is 3.22. The molecule has 346 valence electrons. The van der Waals surface area contributed by atoms with Gasteiger partial charge in [-0.05, 0) is 12.8 Å². The van der Waals surface area contributed by atoms with Crippen molar-refractivity contribution in [2.75, 3.05) is 13.2 Å². The monoisotopic (exact) mass is 832 g/mol. The molecule has 0 bridgehead atoms. The van der Waals surface area contributed by atoms with E-state index >= 15 is 0 Å². The Bertz CT molecular complexity index is 913. The fourth-order valence-electron chi connectivity index (χ4n) is 8.09. The highest BCUT2D eigenvalue weighted by Crippen LogP contribution is 2.23. The Morgan fingerprint density at radius 1 is 0.534 bits per heavy atom. The first-order valence-electron chi connectivity index (χ1n) is 24.4. The predicted octanol–water partition coefficient (Wildman–Crippen LogP) is 8.28. The first-order chi connectivity index (χ1) is 28.2. The molecule has 0 radical (unpaired) electrons. The Morgan fingerprint density at radius 2 is 0.897 bits per heavy atom. The standard InChI is InChI=1S/C47H93NO10/c1-3-5-7-9-11-13-15-17-19-20-21-23-25-27-29-31-33-35-40(51)46(56)48-38(37-57-47-45(55)44(54)43(53)41(36-49)58-47)42(52)39(50)34-32-30-28-26-24-22-18-16-14-12-10-8-6-4-2/h38-45,47,49-55H,3-37H2,1-2H3,(H,48,56)/t38-,39+,40+,41+,42-,43-,44-,45+,47-/m0/s1. The van der Waals surface area contributed by atoms with E-state index in [0.717, 1.165) is 38.5 Å².